The topological polar surface area (TPSA) is 105 Å². The van der Waals surface area contributed by atoms with Crippen LogP contribution in [0, 0.1) is 0 Å². The predicted octanol–water partition coefficient (Wildman–Crippen LogP) is 1.45. The number of hydrogen-bond acceptors (Lipinski definition) is 6. The van der Waals surface area contributed by atoms with E-state index in [9.17, 15) is 15.0 Å². The summed E-state index contributed by atoms with van der Waals surface area (Å²) in [7, 11) is 0. The van der Waals surface area contributed by atoms with Crippen LogP contribution in [-0.4, -0.2) is 38.9 Å². The van der Waals surface area contributed by atoms with Crippen molar-refractivity contribution in [2.45, 2.75) is 18.8 Å². The lowest BCUT2D eigenvalue weighted by molar-refractivity contribution is 0.0181. The van der Waals surface area contributed by atoms with Crippen LogP contribution in [0.3, 0.4) is 0 Å². The molecule has 0 aliphatic rings. The molecule has 1 aromatic carbocycles. The van der Waals surface area contributed by atoms with E-state index in [1.54, 1.807) is 0 Å². The van der Waals surface area contributed by atoms with E-state index < -0.39 is 18.3 Å². The Balaban J connectivity index is 1.78. The summed E-state index contributed by atoms with van der Waals surface area (Å²) in [5, 5.41) is 22.3. The third kappa shape index (κ3) is 5.17. The van der Waals surface area contributed by atoms with Crippen molar-refractivity contribution >= 4 is 17.7 Å². The quantitative estimate of drug-likeness (QED) is 0.689. The predicted molar refractivity (Wildman–Crippen MR) is 82.6 cm³/mol. The Kier molecular flexibility index (Phi) is 6.28. The van der Waals surface area contributed by atoms with Crippen LogP contribution in [0.1, 0.15) is 17.2 Å². The van der Waals surface area contributed by atoms with Gasteiger partial charge in [0.05, 0.1) is 0 Å². The Bertz CT molecular complexity index is 642. The summed E-state index contributed by atoms with van der Waals surface area (Å²) in [6.07, 6.45) is -0.766. The largest absolute Gasteiger partial charge is 0.445 e. The van der Waals surface area contributed by atoms with Crippen molar-refractivity contribution in [3.05, 3.63) is 59.1 Å². The maximum absolute atomic E-state index is 11.6. The van der Waals surface area contributed by atoms with Crippen LogP contribution in [0.15, 0.2) is 42.9 Å². The van der Waals surface area contributed by atoms with Gasteiger partial charge in [-0.15, -0.1) is 0 Å². The molecule has 7 nitrogen and oxygen atoms in total. The number of nitrogens with one attached hydrogen (secondary N) is 1. The normalized spacial score (nSPS) is 13.2. The molecule has 0 aliphatic carbocycles. The summed E-state index contributed by atoms with van der Waals surface area (Å²) in [5.41, 5.74) is 1.03. The van der Waals surface area contributed by atoms with Crippen molar-refractivity contribution in [1.29, 1.82) is 0 Å². The van der Waals surface area contributed by atoms with Crippen molar-refractivity contribution in [2.24, 2.45) is 0 Å². The summed E-state index contributed by atoms with van der Waals surface area (Å²) in [6, 6.07) is 9.18. The number of halogens is 1. The zero-order chi connectivity index (χ0) is 16.7. The van der Waals surface area contributed by atoms with Gasteiger partial charge >= 0.3 is 6.09 Å². The number of hydrogen-bond donors (Lipinski definition) is 3. The van der Waals surface area contributed by atoms with Crippen molar-refractivity contribution in [3.63, 3.8) is 0 Å². The third-order valence-electron chi connectivity index (χ3n) is 3.04. The molecule has 0 spiro atoms. The Morgan fingerprint density at radius 3 is 2.74 bits per heavy atom. The van der Waals surface area contributed by atoms with E-state index in [1.165, 1.54) is 12.5 Å². The Labute approximate surface area is 137 Å². The van der Waals surface area contributed by atoms with Gasteiger partial charge < -0.3 is 20.3 Å². The summed E-state index contributed by atoms with van der Waals surface area (Å²) >= 11 is 5.81. The van der Waals surface area contributed by atoms with Gasteiger partial charge in [0.2, 0.25) is 0 Å². The highest BCUT2D eigenvalue weighted by atomic mass is 35.5. The molecule has 1 amide bonds. The zero-order valence-electron chi connectivity index (χ0n) is 12.1. The molecule has 2 rings (SSSR count). The minimum atomic E-state index is -1.32. The number of amides is 1. The molecule has 0 saturated heterocycles. The first-order chi connectivity index (χ1) is 11.1. The van der Waals surface area contributed by atoms with Gasteiger partial charge in [-0.05, 0) is 5.56 Å². The van der Waals surface area contributed by atoms with Crippen LogP contribution >= 0.6 is 11.6 Å². The molecule has 2 atom stereocenters. The standard InChI is InChI=1S/C15H16ClN3O4/c16-14-11(6-17-9-19-14)13(21)12(20)7-18-15(22)23-8-10-4-2-1-3-5-10/h1-6,9,12-13,20-21H,7-8H2,(H,18,22). The monoisotopic (exact) mass is 337 g/mol. The van der Waals surface area contributed by atoms with E-state index in [0.29, 0.717) is 0 Å². The first-order valence-electron chi connectivity index (χ1n) is 6.84. The van der Waals surface area contributed by atoms with Crippen molar-refractivity contribution in [2.75, 3.05) is 6.54 Å². The first-order valence-corrected chi connectivity index (χ1v) is 7.22. The lowest BCUT2D eigenvalue weighted by Crippen LogP contribution is -2.36. The Morgan fingerprint density at radius 2 is 2.04 bits per heavy atom. The van der Waals surface area contributed by atoms with Gasteiger partial charge in [-0.1, -0.05) is 41.9 Å². The summed E-state index contributed by atoms with van der Waals surface area (Å²) in [6.45, 7) is -0.0936. The Morgan fingerprint density at radius 1 is 1.30 bits per heavy atom. The number of ether oxygens (including phenoxy) is 1. The number of aliphatic hydroxyl groups excluding tert-OH is 2. The van der Waals surface area contributed by atoms with Crippen molar-refractivity contribution < 1.29 is 19.7 Å². The molecule has 0 radical (unpaired) electrons. The Hall–Kier alpha value is -2.22. The third-order valence-corrected chi connectivity index (χ3v) is 3.36. The van der Waals surface area contributed by atoms with E-state index in [-0.39, 0.29) is 23.9 Å². The van der Waals surface area contributed by atoms with Gasteiger partial charge in [0.15, 0.2) is 0 Å². The molecule has 8 heteroatoms. The second-order valence-electron chi connectivity index (χ2n) is 4.72. The van der Waals surface area contributed by atoms with Crippen LogP contribution in [0.5, 0.6) is 0 Å². The molecule has 122 valence electrons. The van der Waals surface area contributed by atoms with Gasteiger partial charge in [-0.2, -0.15) is 0 Å². The first kappa shape index (κ1) is 17.1. The minimum absolute atomic E-state index is 0.0400. The highest BCUT2D eigenvalue weighted by molar-refractivity contribution is 6.30. The second-order valence-corrected chi connectivity index (χ2v) is 5.08. The molecule has 1 aromatic heterocycles. The highest BCUT2D eigenvalue weighted by Gasteiger charge is 2.22. The van der Waals surface area contributed by atoms with Crippen LogP contribution in [0.25, 0.3) is 0 Å². The second kappa shape index (κ2) is 8.42. The average molecular weight is 338 g/mol. The molecule has 0 bridgehead atoms. The van der Waals surface area contributed by atoms with Crippen molar-refractivity contribution in [3.8, 4) is 0 Å². The molecule has 1 heterocycles. The van der Waals surface area contributed by atoms with Gasteiger partial charge in [-0.25, -0.2) is 14.8 Å². The van der Waals surface area contributed by atoms with Gasteiger partial charge in [-0.3, -0.25) is 0 Å². The minimum Gasteiger partial charge on any atom is -0.445 e. The SMILES string of the molecule is O=C(NCC(O)C(O)c1cncnc1Cl)OCc1ccccc1. The number of carbonyl (C=O) groups is 1. The molecule has 23 heavy (non-hydrogen) atoms. The number of benzene rings is 1. The number of alkyl carbamates (subject to hydrolysis) is 1. The van der Waals surface area contributed by atoms with E-state index in [4.69, 9.17) is 16.3 Å². The lowest BCUT2D eigenvalue weighted by Gasteiger charge is -2.18. The fraction of sp³-hybridized carbons (Fsp3) is 0.267. The molecular formula is C15H16ClN3O4. The maximum Gasteiger partial charge on any atom is 0.407 e. The van der Waals surface area contributed by atoms with Crippen LogP contribution in [0.4, 0.5) is 4.79 Å². The van der Waals surface area contributed by atoms with Gasteiger partial charge in [0, 0.05) is 18.3 Å². The summed E-state index contributed by atoms with van der Waals surface area (Å²) < 4.78 is 4.99. The zero-order valence-corrected chi connectivity index (χ0v) is 12.8. The molecule has 2 unspecified atom stereocenters. The molecule has 3 N–H and O–H groups in total. The molecular weight excluding hydrogens is 322 g/mol. The molecule has 2 aromatic rings. The van der Waals surface area contributed by atoms with E-state index in [2.05, 4.69) is 15.3 Å². The lowest BCUT2D eigenvalue weighted by atomic mass is 10.1. The van der Waals surface area contributed by atoms with Crippen molar-refractivity contribution in [1.82, 2.24) is 15.3 Å². The molecule has 0 fully saturated rings. The van der Waals surface area contributed by atoms with E-state index in [0.717, 1.165) is 5.56 Å². The van der Waals surface area contributed by atoms with Gasteiger partial charge in [0.1, 0.15) is 30.3 Å². The number of aliphatic hydroxyl groups is 2. The molecule has 0 saturated carbocycles. The fourth-order valence-corrected chi connectivity index (χ4v) is 2.01. The summed E-state index contributed by atoms with van der Waals surface area (Å²) in [4.78, 5) is 19.0. The van der Waals surface area contributed by atoms with Crippen LogP contribution in [0.2, 0.25) is 5.15 Å². The van der Waals surface area contributed by atoms with Crippen LogP contribution in [-0.2, 0) is 11.3 Å². The highest BCUT2D eigenvalue weighted by Crippen LogP contribution is 2.21. The number of aromatic nitrogens is 2. The van der Waals surface area contributed by atoms with E-state index >= 15 is 0 Å². The average Bonchev–Trinajstić information content (AvgIpc) is 2.58. The van der Waals surface area contributed by atoms with Gasteiger partial charge in [0.25, 0.3) is 0 Å². The smallest absolute Gasteiger partial charge is 0.407 e. The number of carbonyl (C=O) groups excluding carboxylic acids is 1. The molecule has 0 aliphatic heterocycles. The maximum atomic E-state index is 11.6. The number of nitrogens with zero attached hydrogens (tertiary/aromatic N) is 2. The fourth-order valence-electron chi connectivity index (χ4n) is 1.80. The van der Waals surface area contributed by atoms with Crippen LogP contribution < -0.4 is 5.32 Å². The summed E-state index contributed by atoms with van der Waals surface area (Å²) in [5.74, 6) is 0. The number of rotatable bonds is 6. The van der Waals surface area contributed by atoms with E-state index in [1.807, 2.05) is 30.3 Å².